The van der Waals surface area contributed by atoms with E-state index in [0.717, 1.165) is 32.6 Å². The largest absolute Gasteiger partial charge is 0.368 e. The van der Waals surface area contributed by atoms with Crippen molar-refractivity contribution >= 4 is 11.6 Å². The summed E-state index contributed by atoms with van der Waals surface area (Å²) in [5.41, 5.74) is 5.32. The van der Waals surface area contributed by atoms with Crippen LogP contribution in [0.5, 0.6) is 0 Å². The van der Waals surface area contributed by atoms with Gasteiger partial charge in [-0.05, 0) is 48.9 Å². The van der Waals surface area contributed by atoms with Gasteiger partial charge in [0.25, 0.3) is 0 Å². The van der Waals surface area contributed by atoms with Crippen LogP contribution in [0.15, 0.2) is 48.5 Å². The summed E-state index contributed by atoms with van der Waals surface area (Å²) in [7, 11) is 0. The average Bonchev–Trinajstić information content (AvgIpc) is 3.45. The Bertz CT molecular complexity index is 763. The zero-order valence-electron chi connectivity index (χ0n) is 15.1. The fourth-order valence-electron chi connectivity index (χ4n) is 4.02. The van der Waals surface area contributed by atoms with Gasteiger partial charge in [-0.2, -0.15) is 0 Å². The summed E-state index contributed by atoms with van der Waals surface area (Å²) >= 11 is 0. The standard InChI is InChI=1S/C22H26N2O/c1-16-7-6-10-21(17(16)2)23-11-13-24(14-12-23)22(25)20-15-19(20)18-8-4-3-5-9-18/h3-10,19-20H,11-15H2,1-2H3/t19-,20+/m0/s1. The molecule has 1 amide bonds. The molecule has 2 aromatic rings. The number of anilines is 1. The highest BCUT2D eigenvalue weighted by atomic mass is 16.2. The molecule has 0 bridgehead atoms. The molecule has 2 atom stereocenters. The van der Waals surface area contributed by atoms with E-state index < -0.39 is 0 Å². The van der Waals surface area contributed by atoms with Gasteiger partial charge in [0, 0.05) is 37.8 Å². The number of nitrogens with zero attached hydrogens (tertiary/aromatic N) is 2. The van der Waals surface area contributed by atoms with Crippen molar-refractivity contribution in [1.29, 1.82) is 0 Å². The Labute approximate surface area is 150 Å². The molecule has 0 N–H and O–H groups in total. The molecule has 1 saturated carbocycles. The summed E-state index contributed by atoms with van der Waals surface area (Å²) in [4.78, 5) is 17.3. The maximum atomic E-state index is 12.8. The topological polar surface area (TPSA) is 23.6 Å². The lowest BCUT2D eigenvalue weighted by Crippen LogP contribution is -2.49. The summed E-state index contributed by atoms with van der Waals surface area (Å²) in [6.07, 6.45) is 1.01. The molecule has 1 saturated heterocycles. The number of amides is 1. The van der Waals surface area contributed by atoms with Crippen LogP contribution in [0.25, 0.3) is 0 Å². The maximum absolute atomic E-state index is 12.8. The normalized spacial score (nSPS) is 22.8. The van der Waals surface area contributed by atoms with E-state index in [9.17, 15) is 4.79 Å². The predicted molar refractivity (Wildman–Crippen MR) is 102 cm³/mol. The molecule has 130 valence electrons. The second-order valence-electron chi connectivity index (χ2n) is 7.39. The molecule has 1 aliphatic heterocycles. The lowest BCUT2D eigenvalue weighted by molar-refractivity contribution is -0.132. The third kappa shape index (κ3) is 3.15. The van der Waals surface area contributed by atoms with Crippen molar-refractivity contribution in [2.45, 2.75) is 26.2 Å². The first-order chi connectivity index (χ1) is 12.1. The van der Waals surface area contributed by atoms with Crippen molar-refractivity contribution in [2.75, 3.05) is 31.1 Å². The molecule has 2 fully saturated rings. The zero-order chi connectivity index (χ0) is 17.4. The van der Waals surface area contributed by atoms with E-state index in [-0.39, 0.29) is 5.92 Å². The molecule has 2 aliphatic rings. The number of carbonyl (C=O) groups excluding carboxylic acids is 1. The molecule has 0 spiro atoms. The van der Waals surface area contributed by atoms with Crippen LogP contribution in [-0.2, 0) is 4.79 Å². The maximum Gasteiger partial charge on any atom is 0.226 e. The van der Waals surface area contributed by atoms with E-state index in [1.807, 2.05) is 6.07 Å². The summed E-state index contributed by atoms with van der Waals surface area (Å²) in [5.74, 6) is 0.995. The van der Waals surface area contributed by atoms with Crippen molar-refractivity contribution in [2.24, 2.45) is 5.92 Å². The Balaban J connectivity index is 1.36. The second-order valence-corrected chi connectivity index (χ2v) is 7.39. The first kappa shape index (κ1) is 16.2. The van der Waals surface area contributed by atoms with Gasteiger partial charge in [-0.3, -0.25) is 4.79 Å². The quantitative estimate of drug-likeness (QED) is 0.853. The van der Waals surface area contributed by atoms with Gasteiger partial charge in [0.15, 0.2) is 0 Å². The average molecular weight is 334 g/mol. The van der Waals surface area contributed by atoms with E-state index in [2.05, 4.69) is 66.1 Å². The van der Waals surface area contributed by atoms with Crippen LogP contribution in [0.4, 0.5) is 5.69 Å². The Morgan fingerprint density at radius 2 is 1.64 bits per heavy atom. The summed E-state index contributed by atoms with van der Waals surface area (Å²) in [6, 6.07) is 17.0. The molecule has 2 aromatic carbocycles. The minimum atomic E-state index is 0.203. The highest BCUT2D eigenvalue weighted by Gasteiger charge is 2.45. The van der Waals surface area contributed by atoms with E-state index in [0.29, 0.717) is 11.8 Å². The molecule has 0 radical (unpaired) electrons. The van der Waals surface area contributed by atoms with Crippen LogP contribution in [0.2, 0.25) is 0 Å². The van der Waals surface area contributed by atoms with Crippen LogP contribution < -0.4 is 4.90 Å². The summed E-state index contributed by atoms with van der Waals surface area (Å²) in [6.45, 7) is 7.89. The second kappa shape index (κ2) is 6.55. The lowest BCUT2D eigenvalue weighted by Gasteiger charge is -2.37. The smallest absolute Gasteiger partial charge is 0.226 e. The van der Waals surface area contributed by atoms with Crippen LogP contribution in [-0.4, -0.2) is 37.0 Å². The first-order valence-corrected chi connectivity index (χ1v) is 9.30. The molecule has 0 aromatic heterocycles. The number of piperazine rings is 1. The monoisotopic (exact) mass is 334 g/mol. The lowest BCUT2D eigenvalue weighted by atomic mass is 10.1. The third-order valence-corrected chi connectivity index (χ3v) is 5.84. The molecule has 3 nitrogen and oxygen atoms in total. The first-order valence-electron chi connectivity index (χ1n) is 9.30. The summed E-state index contributed by atoms with van der Waals surface area (Å²) < 4.78 is 0. The van der Waals surface area contributed by atoms with Gasteiger partial charge >= 0.3 is 0 Å². The zero-order valence-corrected chi connectivity index (χ0v) is 15.1. The van der Waals surface area contributed by atoms with E-state index >= 15 is 0 Å². The van der Waals surface area contributed by atoms with Gasteiger partial charge in [-0.15, -0.1) is 0 Å². The van der Waals surface area contributed by atoms with Crippen LogP contribution >= 0.6 is 0 Å². The van der Waals surface area contributed by atoms with Gasteiger partial charge in [0.05, 0.1) is 0 Å². The molecular weight excluding hydrogens is 308 g/mol. The van der Waals surface area contributed by atoms with E-state index in [4.69, 9.17) is 0 Å². The highest BCUT2D eigenvalue weighted by molar-refractivity contribution is 5.83. The number of rotatable bonds is 3. The fraction of sp³-hybridized carbons (Fsp3) is 0.409. The Hall–Kier alpha value is -2.29. The predicted octanol–water partition coefficient (Wildman–Crippen LogP) is 3.76. The molecule has 1 aliphatic carbocycles. The van der Waals surface area contributed by atoms with Gasteiger partial charge in [-0.25, -0.2) is 0 Å². The number of benzene rings is 2. The Kier molecular flexibility index (Phi) is 4.24. The van der Waals surface area contributed by atoms with Crippen LogP contribution in [0, 0.1) is 19.8 Å². The third-order valence-electron chi connectivity index (χ3n) is 5.84. The number of hydrogen-bond acceptors (Lipinski definition) is 2. The molecule has 1 heterocycles. The SMILES string of the molecule is Cc1cccc(N2CCN(C(=O)[C@@H]3C[C@H]3c3ccccc3)CC2)c1C. The van der Waals surface area contributed by atoms with Crippen molar-refractivity contribution < 1.29 is 4.79 Å². The summed E-state index contributed by atoms with van der Waals surface area (Å²) in [5, 5.41) is 0. The molecule has 25 heavy (non-hydrogen) atoms. The molecule has 4 rings (SSSR count). The van der Waals surface area contributed by atoms with Crippen molar-refractivity contribution in [3.05, 3.63) is 65.2 Å². The minimum Gasteiger partial charge on any atom is -0.368 e. The molecule has 3 heteroatoms. The van der Waals surface area contributed by atoms with Crippen molar-refractivity contribution in [1.82, 2.24) is 4.90 Å². The van der Waals surface area contributed by atoms with Crippen LogP contribution in [0.1, 0.15) is 29.0 Å². The van der Waals surface area contributed by atoms with Gasteiger partial charge < -0.3 is 9.80 Å². The fourth-order valence-corrected chi connectivity index (χ4v) is 4.02. The number of aryl methyl sites for hydroxylation is 1. The van der Waals surface area contributed by atoms with Gasteiger partial charge in [0.1, 0.15) is 0 Å². The van der Waals surface area contributed by atoms with Crippen molar-refractivity contribution in [3.63, 3.8) is 0 Å². The number of hydrogen-bond donors (Lipinski definition) is 0. The van der Waals surface area contributed by atoms with E-state index in [1.54, 1.807) is 0 Å². The molecular formula is C22H26N2O. The highest BCUT2D eigenvalue weighted by Crippen LogP contribution is 2.48. The minimum absolute atomic E-state index is 0.203. The van der Waals surface area contributed by atoms with Crippen LogP contribution in [0.3, 0.4) is 0 Å². The molecule has 0 unspecified atom stereocenters. The number of carbonyl (C=O) groups is 1. The Morgan fingerprint density at radius 3 is 2.36 bits per heavy atom. The van der Waals surface area contributed by atoms with Gasteiger partial charge in [0.2, 0.25) is 5.91 Å². The Morgan fingerprint density at radius 1 is 0.920 bits per heavy atom. The van der Waals surface area contributed by atoms with E-state index in [1.165, 1.54) is 22.4 Å². The van der Waals surface area contributed by atoms with Crippen molar-refractivity contribution in [3.8, 4) is 0 Å². The van der Waals surface area contributed by atoms with Gasteiger partial charge in [-0.1, -0.05) is 42.5 Å².